The molecule has 1 N–H and O–H groups in total. The largest absolute Gasteiger partial charge is 0.465 e. The third kappa shape index (κ3) is 3.69. The molecule has 2 aromatic rings. The fourth-order valence-electron chi connectivity index (χ4n) is 1.96. The molecule has 23 heavy (non-hydrogen) atoms. The normalized spacial score (nSPS) is 10.4. The van der Waals surface area contributed by atoms with Gasteiger partial charge >= 0.3 is 5.97 Å². The molecule has 1 aromatic carbocycles. The molecule has 0 atom stereocenters. The first-order chi connectivity index (χ1) is 11.1. The monoisotopic (exact) mass is 337 g/mol. The molecule has 1 heterocycles. The lowest BCUT2D eigenvalue weighted by molar-refractivity contribution is 0.0600. The number of carbonyl (C=O) groups is 1. The minimum absolute atomic E-state index is 0.0178. The highest BCUT2D eigenvalue weighted by Crippen LogP contribution is 2.18. The average Bonchev–Trinajstić information content (AvgIpc) is 2.58. The van der Waals surface area contributed by atoms with Crippen LogP contribution < -0.4 is 10.9 Å². The van der Waals surface area contributed by atoms with Crippen molar-refractivity contribution in [3.8, 4) is 5.69 Å². The molecule has 0 amide bonds. The molecular weight excluding hydrogens is 322 g/mol. The number of ether oxygens (including phenoxy) is 2. The van der Waals surface area contributed by atoms with Gasteiger partial charge in [0.15, 0.2) is 0 Å². The summed E-state index contributed by atoms with van der Waals surface area (Å²) in [6.07, 6.45) is 1.42. The zero-order chi connectivity index (χ0) is 16.8. The third-order valence-electron chi connectivity index (χ3n) is 3.08. The maximum atomic E-state index is 12.4. The van der Waals surface area contributed by atoms with Crippen LogP contribution in [-0.2, 0) is 9.47 Å². The Hall–Kier alpha value is -2.38. The molecule has 0 saturated heterocycles. The van der Waals surface area contributed by atoms with Gasteiger partial charge in [-0.05, 0) is 12.1 Å². The zero-order valence-electron chi connectivity index (χ0n) is 12.7. The van der Waals surface area contributed by atoms with Crippen molar-refractivity contribution in [2.24, 2.45) is 0 Å². The molecule has 0 radical (unpaired) electrons. The van der Waals surface area contributed by atoms with Gasteiger partial charge in [0.1, 0.15) is 5.02 Å². The van der Waals surface area contributed by atoms with E-state index < -0.39 is 11.5 Å². The number of esters is 1. The van der Waals surface area contributed by atoms with Crippen LogP contribution in [-0.4, -0.2) is 43.1 Å². The summed E-state index contributed by atoms with van der Waals surface area (Å²) in [7, 11) is 2.84. The number of rotatable bonds is 6. The Morgan fingerprint density at radius 1 is 1.35 bits per heavy atom. The van der Waals surface area contributed by atoms with Gasteiger partial charge in [-0.25, -0.2) is 4.79 Å². The molecule has 122 valence electrons. The second-order valence-corrected chi connectivity index (χ2v) is 4.90. The summed E-state index contributed by atoms with van der Waals surface area (Å²) < 4.78 is 10.7. The maximum absolute atomic E-state index is 12.4. The smallest absolute Gasteiger partial charge is 0.340 e. The van der Waals surface area contributed by atoms with Crippen LogP contribution in [0.4, 0.5) is 5.69 Å². The van der Waals surface area contributed by atoms with E-state index >= 15 is 0 Å². The van der Waals surface area contributed by atoms with Crippen LogP contribution in [0.1, 0.15) is 10.4 Å². The van der Waals surface area contributed by atoms with Gasteiger partial charge in [0.25, 0.3) is 5.56 Å². The van der Waals surface area contributed by atoms with Crippen LogP contribution in [0.5, 0.6) is 0 Å². The Morgan fingerprint density at radius 3 is 2.78 bits per heavy atom. The van der Waals surface area contributed by atoms with E-state index in [9.17, 15) is 9.59 Å². The highest BCUT2D eigenvalue weighted by Gasteiger charge is 2.17. The number of nitrogens with one attached hydrogen (secondary N) is 1. The number of nitrogens with zero attached hydrogens (tertiary/aromatic N) is 2. The number of hydrogen-bond donors (Lipinski definition) is 1. The van der Waals surface area contributed by atoms with Crippen LogP contribution >= 0.6 is 11.6 Å². The summed E-state index contributed by atoms with van der Waals surface area (Å²) in [5.41, 5.74) is 0.390. The molecule has 1 aromatic heterocycles. The highest BCUT2D eigenvalue weighted by atomic mass is 35.5. The van der Waals surface area contributed by atoms with Gasteiger partial charge in [0.2, 0.25) is 0 Å². The van der Waals surface area contributed by atoms with Crippen LogP contribution in [0, 0.1) is 0 Å². The van der Waals surface area contributed by atoms with E-state index in [1.807, 2.05) is 0 Å². The van der Waals surface area contributed by atoms with Crippen molar-refractivity contribution in [1.82, 2.24) is 9.78 Å². The van der Waals surface area contributed by atoms with Crippen molar-refractivity contribution < 1.29 is 14.3 Å². The summed E-state index contributed by atoms with van der Waals surface area (Å²) in [6, 6.07) is 6.50. The molecule has 0 aliphatic rings. The van der Waals surface area contributed by atoms with E-state index in [1.165, 1.54) is 13.3 Å². The van der Waals surface area contributed by atoms with Gasteiger partial charge in [-0.2, -0.15) is 9.78 Å². The Kier molecular flexibility index (Phi) is 5.72. The minimum Gasteiger partial charge on any atom is -0.465 e. The van der Waals surface area contributed by atoms with E-state index in [0.29, 0.717) is 24.5 Å². The minimum atomic E-state index is -0.562. The first-order valence-corrected chi connectivity index (χ1v) is 7.16. The van der Waals surface area contributed by atoms with Crippen molar-refractivity contribution in [3.63, 3.8) is 0 Å². The molecule has 7 nitrogen and oxygen atoms in total. The van der Waals surface area contributed by atoms with Crippen molar-refractivity contribution in [2.75, 3.05) is 32.7 Å². The lowest BCUT2D eigenvalue weighted by Crippen LogP contribution is -2.25. The Balaban J connectivity index is 2.44. The molecule has 8 heteroatoms. The summed E-state index contributed by atoms with van der Waals surface area (Å²) in [4.78, 5) is 24.3. The fraction of sp³-hybridized carbons (Fsp3) is 0.267. The van der Waals surface area contributed by atoms with E-state index in [2.05, 4.69) is 10.4 Å². The number of para-hydroxylation sites is 1. The molecule has 0 spiro atoms. The molecular formula is C15H16ClN3O4. The van der Waals surface area contributed by atoms with Crippen LogP contribution in [0.2, 0.25) is 5.02 Å². The molecule has 0 bridgehead atoms. The standard InChI is InChI=1S/C15H16ClN3O4/c1-22-8-7-17-11-9-18-19(14(20)13(11)16)12-6-4-3-5-10(12)15(21)23-2/h3-6,9,17H,7-8H2,1-2H3. The second-order valence-electron chi connectivity index (χ2n) is 4.52. The topological polar surface area (TPSA) is 82.4 Å². The van der Waals surface area contributed by atoms with E-state index in [1.54, 1.807) is 31.4 Å². The SMILES string of the molecule is COCCNc1cnn(-c2ccccc2C(=O)OC)c(=O)c1Cl. The molecule has 0 saturated carbocycles. The predicted molar refractivity (Wildman–Crippen MR) is 86.5 cm³/mol. The quantitative estimate of drug-likeness (QED) is 0.638. The summed E-state index contributed by atoms with van der Waals surface area (Å²) >= 11 is 6.10. The third-order valence-corrected chi connectivity index (χ3v) is 3.44. The fourth-order valence-corrected chi connectivity index (χ4v) is 2.15. The van der Waals surface area contributed by atoms with E-state index in [0.717, 1.165) is 4.68 Å². The lowest BCUT2D eigenvalue weighted by atomic mass is 10.2. The van der Waals surface area contributed by atoms with Gasteiger partial charge in [-0.1, -0.05) is 23.7 Å². The zero-order valence-corrected chi connectivity index (χ0v) is 13.5. The van der Waals surface area contributed by atoms with Gasteiger partial charge < -0.3 is 14.8 Å². The van der Waals surface area contributed by atoms with Crippen LogP contribution in [0.25, 0.3) is 5.69 Å². The molecule has 0 aliphatic heterocycles. The number of hydrogen-bond acceptors (Lipinski definition) is 6. The Morgan fingerprint density at radius 2 is 2.09 bits per heavy atom. The lowest BCUT2D eigenvalue weighted by Gasteiger charge is -2.12. The van der Waals surface area contributed by atoms with Gasteiger partial charge in [0.05, 0.1) is 36.9 Å². The van der Waals surface area contributed by atoms with Crippen molar-refractivity contribution in [3.05, 3.63) is 51.4 Å². The number of benzene rings is 1. The summed E-state index contributed by atoms with van der Waals surface area (Å²) in [5, 5.41) is 7.01. The summed E-state index contributed by atoms with van der Waals surface area (Å²) in [5.74, 6) is -0.562. The molecule has 2 rings (SSSR count). The molecule has 0 unspecified atom stereocenters. The number of aromatic nitrogens is 2. The Bertz CT molecular complexity index is 761. The van der Waals surface area contributed by atoms with Crippen molar-refractivity contribution >= 4 is 23.3 Å². The first-order valence-electron chi connectivity index (χ1n) is 6.78. The Labute approximate surface area is 137 Å². The first kappa shape index (κ1) is 17.0. The summed E-state index contributed by atoms with van der Waals surface area (Å²) in [6.45, 7) is 0.949. The number of methoxy groups -OCH3 is 2. The number of halogens is 1. The second kappa shape index (κ2) is 7.75. The van der Waals surface area contributed by atoms with Crippen molar-refractivity contribution in [1.29, 1.82) is 0 Å². The number of anilines is 1. The van der Waals surface area contributed by atoms with Gasteiger partial charge in [-0.15, -0.1) is 0 Å². The van der Waals surface area contributed by atoms with E-state index in [-0.39, 0.29) is 10.6 Å². The maximum Gasteiger partial charge on any atom is 0.340 e. The van der Waals surface area contributed by atoms with Crippen LogP contribution in [0.3, 0.4) is 0 Å². The van der Waals surface area contributed by atoms with E-state index in [4.69, 9.17) is 21.1 Å². The van der Waals surface area contributed by atoms with Crippen molar-refractivity contribution in [2.45, 2.75) is 0 Å². The van der Waals surface area contributed by atoms with Crippen LogP contribution in [0.15, 0.2) is 35.3 Å². The highest BCUT2D eigenvalue weighted by molar-refractivity contribution is 6.32. The molecule has 0 aliphatic carbocycles. The average molecular weight is 338 g/mol. The molecule has 0 fully saturated rings. The number of carbonyl (C=O) groups excluding carboxylic acids is 1. The van der Waals surface area contributed by atoms with Gasteiger partial charge in [-0.3, -0.25) is 4.79 Å². The predicted octanol–water partition coefficient (Wildman–Crippen LogP) is 1.73. The van der Waals surface area contributed by atoms with Gasteiger partial charge in [0, 0.05) is 13.7 Å².